The van der Waals surface area contributed by atoms with Gasteiger partial charge in [0.25, 0.3) is 0 Å². The van der Waals surface area contributed by atoms with Gasteiger partial charge in [0.05, 0.1) is 6.54 Å². The molecule has 0 fully saturated rings. The van der Waals surface area contributed by atoms with Crippen molar-refractivity contribution in [3.05, 3.63) is 40.4 Å². The van der Waals surface area contributed by atoms with Crippen LogP contribution in [-0.2, 0) is 19.5 Å². The van der Waals surface area contributed by atoms with Crippen LogP contribution in [0.5, 0.6) is 5.75 Å². The normalized spacial score (nSPS) is 16.8. The van der Waals surface area contributed by atoms with Gasteiger partial charge < -0.3 is 10.1 Å². The predicted octanol–water partition coefficient (Wildman–Crippen LogP) is 2.16. The number of ether oxygens (including phenoxy) is 1. The molecule has 1 aliphatic heterocycles. The molecule has 114 valence electrons. The van der Waals surface area contributed by atoms with Gasteiger partial charge >= 0.3 is 0 Å². The van der Waals surface area contributed by atoms with Crippen LogP contribution in [0.15, 0.2) is 29.0 Å². The number of nitrogens with one attached hydrogen (secondary N) is 1. The summed E-state index contributed by atoms with van der Waals surface area (Å²) in [5.41, 5.74) is 1.09. The average Bonchev–Trinajstić information content (AvgIpc) is 2.99. The van der Waals surface area contributed by atoms with E-state index in [0.29, 0.717) is 6.04 Å². The van der Waals surface area contributed by atoms with Crippen molar-refractivity contribution in [2.24, 2.45) is 0 Å². The van der Waals surface area contributed by atoms with E-state index in [-0.39, 0.29) is 6.61 Å². The Morgan fingerprint density at radius 2 is 2.41 bits per heavy atom. The zero-order valence-corrected chi connectivity index (χ0v) is 13.7. The molecule has 6 heteroatoms. The smallest absolute Gasteiger partial charge is 0.148 e. The van der Waals surface area contributed by atoms with Crippen molar-refractivity contribution < 1.29 is 4.74 Å². The van der Waals surface area contributed by atoms with E-state index in [9.17, 15) is 0 Å². The third kappa shape index (κ3) is 3.49. The van der Waals surface area contributed by atoms with Crippen LogP contribution in [0.3, 0.4) is 0 Å². The second-order valence-corrected chi connectivity index (χ2v) is 6.14. The van der Waals surface area contributed by atoms with Crippen LogP contribution in [-0.4, -0.2) is 27.4 Å². The minimum Gasteiger partial charge on any atom is -0.481 e. The number of fused-ring (bicyclic) bond motifs is 1. The fraction of sp³-hybridized carbons (Fsp3) is 0.375. The van der Waals surface area contributed by atoms with Crippen molar-refractivity contribution >= 4 is 15.9 Å². The van der Waals surface area contributed by atoms with Crippen molar-refractivity contribution in [3.8, 4) is 18.1 Å². The molecule has 0 amide bonds. The Balaban J connectivity index is 1.64. The summed E-state index contributed by atoms with van der Waals surface area (Å²) in [6, 6.07) is 6.34. The van der Waals surface area contributed by atoms with Gasteiger partial charge in [-0.3, -0.25) is 0 Å². The number of benzene rings is 1. The van der Waals surface area contributed by atoms with E-state index < -0.39 is 0 Å². The third-order valence-corrected chi connectivity index (χ3v) is 4.21. The molecule has 22 heavy (non-hydrogen) atoms. The van der Waals surface area contributed by atoms with Gasteiger partial charge in [-0.2, -0.15) is 5.10 Å². The number of nitrogens with zero attached hydrogens (tertiary/aromatic N) is 3. The highest BCUT2D eigenvalue weighted by Crippen LogP contribution is 2.23. The summed E-state index contributed by atoms with van der Waals surface area (Å²) in [5, 5.41) is 7.82. The summed E-state index contributed by atoms with van der Waals surface area (Å²) < 4.78 is 8.60. The molecular weight excluding hydrogens is 344 g/mol. The first-order chi connectivity index (χ1) is 10.8. The molecule has 0 spiro atoms. The molecule has 1 unspecified atom stereocenters. The van der Waals surface area contributed by atoms with Crippen molar-refractivity contribution in [2.75, 3.05) is 6.61 Å². The molecule has 1 N–H and O–H groups in total. The van der Waals surface area contributed by atoms with Crippen LogP contribution < -0.4 is 10.1 Å². The fourth-order valence-electron chi connectivity index (χ4n) is 2.60. The molecular formula is C16H17BrN4O. The molecule has 5 nitrogen and oxygen atoms in total. The van der Waals surface area contributed by atoms with Crippen LogP contribution in [0.4, 0.5) is 0 Å². The topological polar surface area (TPSA) is 52.0 Å². The first kappa shape index (κ1) is 15.1. The van der Waals surface area contributed by atoms with Gasteiger partial charge in [0.1, 0.15) is 24.5 Å². The van der Waals surface area contributed by atoms with Crippen molar-refractivity contribution in [1.29, 1.82) is 0 Å². The van der Waals surface area contributed by atoms with Gasteiger partial charge in [-0.25, -0.2) is 9.67 Å². The number of aromatic nitrogens is 3. The summed E-state index contributed by atoms with van der Waals surface area (Å²) >= 11 is 3.50. The van der Waals surface area contributed by atoms with E-state index in [1.54, 1.807) is 6.33 Å². The number of terminal acetylenes is 1. The maximum Gasteiger partial charge on any atom is 0.148 e. The van der Waals surface area contributed by atoms with Crippen molar-refractivity contribution in [2.45, 2.75) is 32.0 Å². The number of halogens is 1. The molecule has 0 saturated carbocycles. The molecule has 0 radical (unpaired) electrons. The largest absolute Gasteiger partial charge is 0.481 e. The number of aryl methyl sites for hydroxylation is 1. The molecule has 0 aliphatic carbocycles. The molecule has 1 atom stereocenters. The second-order valence-electron chi connectivity index (χ2n) is 5.22. The van der Waals surface area contributed by atoms with Crippen LogP contribution >= 0.6 is 15.9 Å². The lowest BCUT2D eigenvalue weighted by molar-refractivity contribution is 0.345. The van der Waals surface area contributed by atoms with E-state index >= 15 is 0 Å². The summed E-state index contributed by atoms with van der Waals surface area (Å²) in [4.78, 5) is 4.25. The minimum atomic E-state index is 0.278. The zero-order chi connectivity index (χ0) is 15.4. The summed E-state index contributed by atoms with van der Waals surface area (Å²) in [7, 11) is 0. The third-order valence-electron chi connectivity index (χ3n) is 3.72. The Labute approximate surface area is 138 Å². The van der Waals surface area contributed by atoms with Crippen molar-refractivity contribution in [1.82, 2.24) is 20.1 Å². The van der Waals surface area contributed by atoms with Gasteiger partial charge in [0.2, 0.25) is 0 Å². The average molecular weight is 361 g/mol. The Bertz CT molecular complexity index is 692. The standard InChI is InChI=1S/C16H17BrN4O/c1-2-7-22-15-5-3-13(17)8-12(15)9-18-14-4-6-16-19-11-20-21(16)10-14/h1,3,5,8,11,14,18H,4,6-7,9-10H2. The molecule has 0 saturated heterocycles. The predicted molar refractivity (Wildman–Crippen MR) is 87.4 cm³/mol. The maximum atomic E-state index is 5.60. The minimum absolute atomic E-state index is 0.278. The van der Waals surface area contributed by atoms with Gasteiger partial charge in [-0.05, 0) is 24.6 Å². The Morgan fingerprint density at radius 3 is 3.27 bits per heavy atom. The summed E-state index contributed by atoms with van der Waals surface area (Å²) in [5.74, 6) is 4.39. The van der Waals surface area contributed by atoms with E-state index in [0.717, 1.165) is 47.5 Å². The van der Waals surface area contributed by atoms with Gasteiger partial charge in [-0.15, -0.1) is 6.42 Å². The van der Waals surface area contributed by atoms with Crippen LogP contribution in [0.1, 0.15) is 17.8 Å². The molecule has 1 aromatic heterocycles. The first-order valence-corrected chi connectivity index (χ1v) is 8.00. The Morgan fingerprint density at radius 1 is 1.50 bits per heavy atom. The molecule has 0 bridgehead atoms. The molecule has 1 aromatic carbocycles. The summed E-state index contributed by atoms with van der Waals surface area (Å²) in [6.07, 6.45) is 8.91. The van der Waals surface area contributed by atoms with Gasteiger partial charge in [-0.1, -0.05) is 21.9 Å². The van der Waals surface area contributed by atoms with Crippen molar-refractivity contribution in [3.63, 3.8) is 0 Å². The van der Waals surface area contributed by atoms with Crippen LogP contribution in [0, 0.1) is 12.3 Å². The Kier molecular flexibility index (Phi) is 4.76. The SMILES string of the molecule is C#CCOc1ccc(Br)cc1CNC1CCc2ncnn2C1. The van der Waals surface area contributed by atoms with Crippen LogP contribution in [0.25, 0.3) is 0 Å². The van der Waals surface area contributed by atoms with E-state index in [2.05, 4.69) is 43.3 Å². The fourth-order valence-corrected chi connectivity index (χ4v) is 3.01. The summed E-state index contributed by atoms with van der Waals surface area (Å²) in [6.45, 7) is 1.86. The second kappa shape index (κ2) is 6.95. The van der Waals surface area contributed by atoms with E-state index in [1.165, 1.54) is 0 Å². The lowest BCUT2D eigenvalue weighted by atomic mass is 10.1. The highest BCUT2D eigenvalue weighted by atomic mass is 79.9. The molecule has 1 aliphatic rings. The maximum absolute atomic E-state index is 5.60. The molecule has 2 aromatic rings. The first-order valence-electron chi connectivity index (χ1n) is 7.21. The highest BCUT2D eigenvalue weighted by molar-refractivity contribution is 9.10. The molecule has 2 heterocycles. The Hall–Kier alpha value is -1.84. The lowest BCUT2D eigenvalue weighted by Crippen LogP contribution is -2.37. The highest BCUT2D eigenvalue weighted by Gasteiger charge is 2.19. The lowest BCUT2D eigenvalue weighted by Gasteiger charge is -2.24. The quantitative estimate of drug-likeness (QED) is 0.830. The number of hydrogen-bond donors (Lipinski definition) is 1. The monoisotopic (exact) mass is 360 g/mol. The molecule has 3 rings (SSSR count). The van der Waals surface area contributed by atoms with E-state index in [4.69, 9.17) is 11.2 Å². The van der Waals surface area contributed by atoms with Gasteiger partial charge in [0, 0.05) is 29.0 Å². The van der Waals surface area contributed by atoms with Gasteiger partial charge in [0.15, 0.2) is 0 Å². The van der Waals surface area contributed by atoms with E-state index in [1.807, 2.05) is 16.8 Å². The number of rotatable bonds is 5. The number of hydrogen-bond acceptors (Lipinski definition) is 4. The zero-order valence-electron chi connectivity index (χ0n) is 12.1. The van der Waals surface area contributed by atoms with Crippen LogP contribution in [0.2, 0.25) is 0 Å².